The number of carbonyl (C=O) groups is 2. The van der Waals surface area contributed by atoms with Gasteiger partial charge in [-0.3, -0.25) is 0 Å². The van der Waals surface area contributed by atoms with Crippen molar-refractivity contribution < 1.29 is 74.3 Å². The van der Waals surface area contributed by atoms with Crippen LogP contribution in [0.4, 0.5) is 11.4 Å². The lowest BCUT2D eigenvalue weighted by Gasteiger charge is -2.43. The van der Waals surface area contributed by atoms with Gasteiger partial charge in [-0.25, -0.2) is 9.59 Å². The molecule has 2 aromatic carbocycles. The summed E-state index contributed by atoms with van der Waals surface area (Å²) in [7, 11) is 1.61. The number of aliphatic hydroxyl groups is 5. The molecule has 17 heteroatoms. The van der Waals surface area contributed by atoms with E-state index in [0.29, 0.717) is 0 Å². The maximum absolute atomic E-state index is 12.5. The summed E-state index contributed by atoms with van der Waals surface area (Å²) in [6.45, 7) is 2.48. The Hall–Kier alpha value is -3.78. The smallest absolute Gasteiger partial charge is 0.342 e. The minimum absolute atomic E-state index is 0.185. The van der Waals surface area contributed by atoms with Crippen LogP contribution in [0.15, 0.2) is 36.4 Å². The van der Waals surface area contributed by atoms with Crippen LogP contribution in [0, 0.1) is 5.92 Å². The van der Waals surface area contributed by atoms with Gasteiger partial charge < -0.3 is 76.2 Å². The lowest BCUT2D eigenvalue weighted by molar-refractivity contribution is -0.694. The number of hydrogen-bond donors (Lipinski definition) is 10. The molecule has 0 amide bonds. The summed E-state index contributed by atoms with van der Waals surface area (Å²) >= 11 is 0. The summed E-state index contributed by atoms with van der Waals surface area (Å²) in [6.07, 6.45) is -12.3. The molecule has 47 heavy (non-hydrogen) atoms. The Kier molecular flexibility index (Phi) is 13.5. The van der Waals surface area contributed by atoms with Gasteiger partial charge in [0.25, 0.3) is 0 Å². The first-order valence-electron chi connectivity index (χ1n) is 15.0. The van der Waals surface area contributed by atoms with Crippen molar-refractivity contribution in [3.8, 4) is 11.5 Å². The van der Waals surface area contributed by atoms with Crippen molar-refractivity contribution in [3.05, 3.63) is 47.5 Å². The first-order valence-corrected chi connectivity index (χ1v) is 15.0. The van der Waals surface area contributed by atoms with E-state index >= 15 is 0 Å². The number of carbonyl (C=O) groups excluding carboxylic acids is 2. The lowest BCUT2D eigenvalue weighted by atomic mass is 9.87. The van der Waals surface area contributed by atoms with Gasteiger partial charge >= 0.3 is 11.9 Å². The summed E-state index contributed by atoms with van der Waals surface area (Å²) in [5.74, 6) is -3.63. The van der Waals surface area contributed by atoms with Gasteiger partial charge in [0.1, 0.15) is 72.4 Å². The monoisotopic (exact) mass is 670 g/mol. The number of aliphatic hydroxyl groups excluding tert-OH is 5. The molecule has 4 unspecified atom stereocenters. The van der Waals surface area contributed by atoms with Crippen molar-refractivity contribution >= 4 is 23.3 Å². The van der Waals surface area contributed by atoms with Crippen LogP contribution in [-0.2, 0) is 23.7 Å². The fourth-order valence-electron chi connectivity index (χ4n) is 5.13. The van der Waals surface area contributed by atoms with Crippen molar-refractivity contribution in [1.82, 2.24) is 0 Å². The van der Waals surface area contributed by atoms with Gasteiger partial charge in [-0.2, -0.15) is 0 Å². The molecular weight excluding hydrogens is 626 g/mol. The van der Waals surface area contributed by atoms with Gasteiger partial charge in [-0.1, -0.05) is 13.8 Å². The van der Waals surface area contributed by atoms with E-state index in [0.717, 1.165) is 0 Å². The zero-order chi connectivity index (χ0) is 35.0. The van der Waals surface area contributed by atoms with Crippen LogP contribution in [0.2, 0.25) is 0 Å². The Labute approximate surface area is 270 Å². The van der Waals surface area contributed by atoms with Crippen molar-refractivity contribution in [2.45, 2.75) is 69.1 Å². The molecular formula is C30H44N3O14+. The minimum atomic E-state index is -1.79. The molecule has 0 bridgehead atoms. The number of likely N-dealkylation sites (N-methyl/N-ethyl adjacent to an activating group) is 1. The molecule has 2 aliphatic rings. The summed E-state index contributed by atoms with van der Waals surface area (Å²) in [4.78, 5) is 25.0. The molecule has 17 nitrogen and oxygen atoms in total. The Morgan fingerprint density at radius 2 is 1.23 bits per heavy atom. The molecule has 2 aromatic rings. The van der Waals surface area contributed by atoms with Crippen LogP contribution in [0.25, 0.3) is 0 Å². The first kappa shape index (κ1) is 37.7. The van der Waals surface area contributed by atoms with Gasteiger partial charge in [-0.05, 0) is 36.4 Å². The third kappa shape index (κ3) is 8.98. The van der Waals surface area contributed by atoms with Crippen LogP contribution in [0.3, 0.4) is 0 Å². The van der Waals surface area contributed by atoms with Gasteiger partial charge in [0.2, 0.25) is 6.29 Å². The summed E-state index contributed by atoms with van der Waals surface area (Å²) in [5.41, 5.74) is 11.2. The minimum Gasteiger partial charge on any atom is -0.507 e. The number of anilines is 2. The third-order valence-corrected chi connectivity index (χ3v) is 7.70. The van der Waals surface area contributed by atoms with Gasteiger partial charge in [0, 0.05) is 11.4 Å². The van der Waals surface area contributed by atoms with Crippen LogP contribution in [0.5, 0.6) is 11.5 Å². The van der Waals surface area contributed by atoms with E-state index < -0.39 is 92.1 Å². The molecule has 2 aliphatic heterocycles. The van der Waals surface area contributed by atoms with Crippen LogP contribution < -0.4 is 16.8 Å². The largest absolute Gasteiger partial charge is 0.507 e. The highest BCUT2D eigenvalue weighted by molar-refractivity contribution is 5.94. The van der Waals surface area contributed by atoms with Crippen LogP contribution in [-0.4, -0.2) is 130 Å². The molecule has 2 fully saturated rings. The SMILES string of the molecule is CC.C[NH2+]C1[C@H](O)OC(COC(=O)c2cc(N)ccc2O)[C@@H](O)[C@H]1CO[C@@H]1OC(COC(=O)c2cc(N)ccc2O)[C@@H](O)[C@@H](O)C1O. The highest BCUT2D eigenvalue weighted by atomic mass is 16.7. The van der Waals surface area contributed by atoms with Crippen molar-refractivity contribution in [2.24, 2.45) is 5.92 Å². The number of rotatable bonds is 10. The molecule has 4 rings (SSSR count). The van der Waals surface area contributed by atoms with Gasteiger partial charge in [0.05, 0.1) is 25.7 Å². The predicted molar refractivity (Wildman–Crippen MR) is 162 cm³/mol. The lowest BCUT2D eigenvalue weighted by Crippen LogP contribution is -2.93. The molecule has 262 valence electrons. The average molecular weight is 671 g/mol. The molecule has 2 heterocycles. The normalized spacial score (nSPS) is 30.5. The second-order valence-electron chi connectivity index (χ2n) is 10.7. The second kappa shape index (κ2) is 16.9. The van der Waals surface area contributed by atoms with E-state index in [2.05, 4.69) is 0 Å². The van der Waals surface area contributed by atoms with E-state index in [1.54, 1.807) is 12.4 Å². The predicted octanol–water partition coefficient (Wildman–Crippen LogP) is -2.62. The number of hydrogen-bond acceptors (Lipinski definition) is 16. The molecule has 0 aliphatic carbocycles. The Bertz CT molecular complexity index is 1350. The first-order chi connectivity index (χ1) is 22.3. The van der Waals surface area contributed by atoms with Gasteiger partial charge in [0.15, 0.2) is 6.29 Å². The average Bonchev–Trinajstić information content (AvgIpc) is 3.06. The highest BCUT2D eigenvalue weighted by Crippen LogP contribution is 2.29. The number of esters is 2. The van der Waals surface area contributed by atoms with Crippen LogP contribution >= 0.6 is 0 Å². The number of nitrogens with two attached hydrogens (primary N) is 3. The standard InChI is InChI=1S/C28H37N3O14.C2H6/c1-31-20-15(21(34)18(44-27(20)40)9-41-25(38)13-6-11(29)2-4-16(13)32)8-43-28-24(37)23(36)22(35)19(45-28)10-42-26(39)14-7-12(30)3-5-17(14)33;1-2/h2-7,15,18-24,27-28,31-37,40H,8-10,29-30H2,1H3;1-2H3/p+1/t15-,18?,19?,20?,21-,22+,23+,24?,27+,28+;/m0./s1. The van der Waals surface area contributed by atoms with E-state index in [4.69, 9.17) is 35.2 Å². The van der Waals surface area contributed by atoms with E-state index in [9.17, 15) is 45.3 Å². The number of nitrogen functional groups attached to an aromatic ring is 2. The molecule has 0 aromatic heterocycles. The highest BCUT2D eigenvalue weighted by Gasteiger charge is 2.49. The molecule has 0 spiro atoms. The Morgan fingerprint density at radius 3 is 1.72 bits per heavy atom. The zero-order valence-corrected chi connectivity index (χ0v) is 26.1. The Balaban J connectivity index is 0.00000294. The fraction of sp³-hybridized carbons (Fsp3) is 0.533. The third-order valence-electron chi connectivity index (χ3n) is 7.70. The fourth-order valence-corrected chi connectivity index (χ4v) is 5.13. The van der Waals surface area contributed by atoms with Crippen molar-refractivity contribution in [3.63, 3.8) is 0 Å². The quantitative estimate of drug-likeness (QED) is 0.0703. The van der Waals surface area contributed by atoms with Crippen molar-refractivity contribution in [2.75, 3.05) is 38.3 Å². The maximum Gasteiger partial charge on any atom is 0.342 e. The Morgan fingerprint density at radius 1 is 0.745 bits per heavy atom. The van der Waals surface area contributed by atoms with Crippen LogP contribution in [0.1, 0.15) is 34.6 Å². The summed E-state index contributed by atoms with van der Waals surface area (Å²) in [5, 5.41) is 74.5. The zero-order valence-electron chi connectivity index (χ0n) is 26.1. The molecule has 13 N–H and O–H groups in total. The molecule has 0 saturated carbocycles. The molecule has 10 atom stereocenters. The topological polar surface area (TPSA) is 291 Å². The van der Waals surface area contributed by atoms with E-state index in [1.165, 1.54) is 36.4 Å². The number of aromatic hydroxyl groups is 2. The van der Waals surface area contributed by atoms with Gasteiger partial charge in [-0.15, -0.1) is 0 Å². The van der Waals surface area contributed by atoms with E-state index in [1.807, 2.05) is 13.8 Å². The number of ether oxygens (including phenoxy) is 5. The van der Waals surface area contributed by atoms with E-state index in [-0.39, 0.29) is 34.9 Å². The second-order valence-corrected chi connectivity index (χ2v) is 10.7. The summed E-state index contributed by atoms with van der Waals surface area (Å²) < 4.78 is 27.1. The number of benzene rings is 2. The summed E-state index contributed by atoms with van der Waals surface area (Å²) in [6, 6.07) is 6.76. The number of phenolic OH excluding ortho intramolecular Hbond substituents is 2. The number of phenols is 2. The molecule has 0 radical (unpaired) electrons. The van der Waals surface area contributed by atoms with Crippen molar-refractivity contribution in [1.29, 1.82) is 0 Å². The maximum atomic E-state index is 12.5. The number of quaternary nitrogens is 1. The molecule has 2 saturated heterocycles.